The summed E-state index contributed by atoms with van der Waals surface area (Å²) < 4.78 is 26.2. The zero-order valence-corrected chi connectivity index (χ0v) is 18.6. The number of benzene rings is 3. The number of carbonyl (C=O) groups is 1. The van der Waals surface area contributed by atoms with E-state index in [4.69, 9.17) is 14.6 Å². The molecule has 156 valence electrons. The van der Waals surface area contributed by atoms with Gasteiger partial charge < -0.3 is 14.6 Å². The number of nitriles is 1. The first-order valence-corrected chi connectivity index (χ1v) is 10.2. The van der Waals surface area contributed by atoms with Crippen LogP contribution < -0.4 is 9.47 Å². The van der Waals surface area contributed by atoms with E-state index in [-0.39, 0.29) is 23.3 Å². The SMILES string of the molecule is COc1cc(/C=C(/C#N)c2ccccc2F)cc(I)c1OCc1cccc(C(=O)O)c1. The molecule has 0 aliphatic rings. The summed E-state index contributed by atoms with van der Waals surface area (Å²) in [5.74, 6) is -0.544. The van der Waals surface area contributed by atoms with Gasteiger partial charge in [0, 0.05) is 5.56 Å². The lowest BCUT2D eigenvalue weighted by Gasteiger charge is -2.14. The van der Waals surface area contributed by atoms with E-state index in [1.54, 1.807) is 54.6 Å². The Hall–Kier alpha value is -3.38. The Labute approximate surface area is 192 Å². The van der Waals surface area contributed by atoms with Crippen LogP contribution >= 0.6 is 22.6 Å². The molecule has 1 N–H and O–H groups in total. The average molecular weight is 529 g/mol. The van der Waals surface area contributed by atoms with Crippen molar-refractivity contribution < 1.29 is 23.8 Å². The number of hydrogen-bond acceptors (Lipinski definition) is 4. The molecule has 0 radical (unpaired) electrons. The first-order chi connectivity index (χ1) is 14.9. The fraction of sp³-hybridized carbons (Fsp3) is 0.0833. The Balaban J connectivity index is 1.90. The van der Waals surface area contributed by atoms with Crippen molar-refractivity contribution in [2.45, 2.75) is 6.61 Å². The van der Waals surface area contributed by atoms with Crippen LogP contribution in [0.25, 0.3) is 11.6 Å². The highest BCUT2D eigenvalue weighted by atomic mass is 127. The van der Waals surface area contributed by atoms with Crippen molar-refractivity contribution in [2.24, 2.45) is 0 Å². The number of ether oxygens (including phenoxy) is 2. The number of nitrogens with zero attached hydrogens (tertiary/aromatic N) is 1. The molecule has 0 aromatic heterocycles. The quantitative estimate of drug-likeness (QED) is 0.239. The van der Waals surface area contributed by atoms with Gasteiger partial charge in [0.2, 0.25) is 0 Å². The Morgan fingerprint density at radius 1 is 1.19 bits per heavy atom. The summed E-state index contributed by atoms with van der Waals surface area (Å²) in [4.78, 5) is 11.1. The van der Waals surface area contributed by atoms with E-state index < -0.39 is 11.8 Å². The molecule has 5 nitrogen and oxygen atoms in total. The molecule has 0 saturated carbocycles. The van der Waals surface area contributed by atoms with Crippen LogP contribution in [0.4, 0.5) is 4.39 Å². The van der Waals surface area contributed by atoms with Crippen molar-refractivity contribution in [1.29, 1.82) is 5.26 Å². The second-order valence-corrected chi connectivity index (χ2v) is 7.64. The molecule has 0 spiro atoms. The summed E-state index contributed by atoms with van der Waals surface area (Å²) in [5, 5.41) is 18.6. The molecule has 0 aliphatic carbocycles. The molecule has 3 rings (SSSR count). The maximum absolute atomic E-state index is 14.1. The summed E-state index contributed by atoms with van der Waals surface area (Å²) in [6, 6.07) is 18.1. The van der Waals surface area contributed by atoms with E-state index >= 15 is 0 Å². The van der Waals surface area contributed by atoms with Crippen LogP contribution in [0.1, 0.15) is 27.0 Å². The highest BCUT2D eigenvalue weighted by Crippen LogP contribution is 2.36. The Morgan fingerprint density at radius 2 is 1.97 bits per heavy atom. The molecule has 0 amide bonds. The lowest BCUT2D eigenvalue weighted by Crippen LogP contribution is -2.02. The number of carboxylic acid groups (broad SMARTS) is 1. The summed E-state index contributed by atoms with van der Waals surface area (Å²) >= 11 is 2.09. The molecule has 0 heterocycles. The number of rotatable bonds is 7. The van der Waals surface area contributed by atoms with Crippen molar-refractivity contribution in [1.82, 2.24) is 0 Å². The minimum Gasteiger partial charge on any atom is -0.493 e. The third-order valence-electron chi connectivity index (χ3n) is 4.40. The van der Waals surface area contributed by atoms with Crippen molar-refractivity contribution in [3.05, 3.63) is 92.3 Å². The van der Waals surface area contributed by atoms with Gasteiger partial charge in [-0.3, -0.25) is 0 Å². The van der Waals surface area contributed by atoms with Gasteiger partial charge >= 0.3 is 5.97 Å². The normalized spacial score (nSPS) is 11.0. The third-order valence-corrected chi connectivity index (χ3v) is 5.21. The van der Waals surface area contributed by atoms with E-state index in [2.05, 4.69) is 22.6 Å². The molecule has 0 fully saturated rings. The minimum absolute atomic E-state index is 0.154. The third kappa shape index (κ3) is 5.41. The lowest BCUT2D eigenvalue weighted by molar-refractivity contribution is 0.0696. The number of methoxy groups -OCH3 is 1. The number of carboxylic acids is 1. The fourth-order valence-electron chi connectivity index (χ4n) is 2.93. The number of allylic oxidation sites excluding steroid dienone is 1. The van der Waals surface area contributed by atoms with Gasteiger partial charge in [0.25, 0.3) is 0 Å². The molecule has 3 aromatic rings. The summed E-state index contributed by atoms with van der Waals surface area (Å²) in [7, 11) is 1.50. The Kier molecular flexibility index (Phi) is 7.26. The second kappa shape index (κ2) is 10.1. The average Bonchev–Trinajstić information content (AvgIpc) is 2.77. The Morgan fingerprint density at radius 3 is 2.65 bits per heavy atom. The van der Waals surface area contributed by atoms with E-state index in [0.29, 0.717) is 22.6 Å². The van der Waals surface area contributed by atoms with Crippen LogP contribution in [0, 0.1) is 20.7 Å². The van der Waals surface area contributed by atoms with Crippen LogP contribution in [-0.2, 0) is 6.61 Å². The van der Waals surface area contributed by atoms with Crippen LogP contribution in [0.15, 0.2) is 60.7 Å². The molecule has 0 unspecified atom stereocenters. The number of halogens is 2. The molecular weight excluding hydrogens is 512 g/mol. The van der Waals surface area contributed by atoms with E-state index in [1.807, 2.05) is 6.07 Å². The predicted octanol–water partition coefficient (Wildman–Crippen LogP) is 5.78. The highest BCUT2D eigenvalue weighted by Gasteiger charge is 2.14. The van der Waals surface area contributed by atoms with Crippen LogP contribution in [0.5, 0.6) is 11.5 Å². The van der Waals surface area contributed by atoms with Gasteiger partial charge in [-0.15, -0.1) is 0 Å². The monoisotopic (exact) mass is 529 g/mol. The largest absolute Gasteiger partial charge is 0.493 e. The van der Waals surface area contributed by atoms with Gasteiger partial charge in [0.1, 0.15) is 12.4 Å². The van der Waals surface area contributed by atoms with Gasteiger partial charge in [-0.1, -0.05) is 30.3 Å². The lowest BCUT2D eigenvalue weighted by atomic mass is 10.0. The van der Waals surface area contributed by atoms with Gasteiger partial charge in [0.15, 0.2) is 11.5 Å². The fourth-order valence-corrected chi connectivity index (χ4v) is 3.71. The molecule has 0 aliphatic heterocycles. The molecule has 3 aromatic carbocycles. The topological polar surface area (TPSA) is 79.5 Å². The first kappa shape index (κ1) is 22.3. The van der Waals surface area contributed by atoms with E-state index in [9.17, 15) is 14.4 Å². The van der Waals surface area contributed by atoms with Gasteiger partial charge in [-0.25, -0.2) is 9.18 Å². The van der Waals surface area contributed by atoms with Crippen molar-refractivity contribution >= 4 is 40.2 Å². The number of hydrogen-bond donors (Lipinski definition) is 1. The molecule has 0 bridgehead atoms. The molecule has 7 heteroatoms. The van der Waals surface area contributed by atoms with Gasteiger partial charge in [-0.05, 0) is 70.1 Å². The molecule has 0 atom stereocenters. The maximum atomic E-state index is 14.1. The molecule has 31 heavy (non-hydrogen) atoms. The van der Waals surface area contributed by atoms with Crippen molar-refractivity contribution in [2.75, 3.05) is 7.11 Å². The first-order valence-electron chi connectivity index (χ1n) is 9.12. The van der Waals surface area contributed by atoms with Gasteiger partial charge in [0.05, 0.1) is 27.9 Å². The summed E-state index contributed by atoms with van der Waals surface area (Å²) in [6.07, 6.45) is 1.59. The van der Waals surface area contributed by atoms with Gasteiger partial charge in [-0.2, -0.15) is 5.26 Å². The zero-order chi connectivity index (χ0) is 22.4. The minimum atomic E-state index is -1.01. The van der Waals surface area contributed by atoms with Crippen molar-refractivity contribution in [3.8, 4) is 17.6 Å². The van der Waals surface area contributed by atoms with E-state index in [1.165, 1.54) is 19.2 Å². The zero-order valence-electron chi connectivity index (χ0n) is 16.4. The predicted molar refractivity (Wildman–Crippen MR) is 123 cm³/mol. The van der Waals surface area contributed by atoms with Crippen LogP contribution in [0.2, 0.25) is 0 Å². The molecular formula is C24H17FINO4. The van der Waals surface area contributed by atoms with E-state index in [0.717, 1.165) is 3.57 Å². The van der Waals surface area contributed by atoms with Crippen molar-refractivity contribution in [3.63, 3.8) is 0 Å². The molecule has 0 saturated heterocycles. The Bertz CT molecular complexity index is 1200. The summed E-state index contributed by atoms with van der Waals surface area (Å²) in [5.41, 5.74) is 1.95. The summed E-state index contributed by atoms with van der Waals surface area (Å²) in [6.45, 7) is 0.154. The van der Waals surface area contributed by atoms with Crippen LogP contribution in [0.3, 0.4) is 0 Å². The maximum Gasteiger partial charge on any atom is 0.335 e. The highest BCUT2D eigenvalue weighted by molar-refractivity contribution is 14.1. The smallest absolute Gasteiger partial charge is 0.335 e. The number of aromatic carboxylic acids is 1. The van der Waals surface area contributed by atoms with Crippen LogP contribution in [-0.4, -0.2) is 18.2 Å². The standard InChI is InChI=1S/C24H17FINO4/c1-30-22-12-16(10-18(13-27)19-7-2-3-8-20(19)25)11-21(26)23(22)31-14-15-5-4-6-17(9-15)24(28)29/h2-12H,14H2,1H3,(H,28,29)/b18-10-. The second-order valence-electron chi connectivity index (χ2n) is 6.48.